The van der Waals surface area contributed by atoms with Crippen molar-refractivity contribution in [2.45, 2.75) is 12.8 Å². The Morgan fingerprint density at radius 2 is 1.09 bits per heavy atom. The van der Waals surface area contributed by atoms with E-state index in [2.05, 4.69) is 20.1 Å². The van der Waals surface area contributed by atoms with Gasteiger partial charge in [0.2, 0.25) is 5.91 Å². The molecule has 2 N–H and O–H groups in total. The van der Waals surface area contributed by atoms with E-state index >= 15 is 0 Å². The van der Waals surface area contributed by atoms with Crippen LogP contribution >= 0.6 is 0 Å². The summed E-state index contributed by atoms with van der Waals surface area (Å²) in [5.74, 6) is -2.70. The van der Waals surface area contributed by atoms with Crippen LogP contribution < -0.4 is 10.6 Å². The summed E-state index contributed by atoms with van der Waals surface area (Å²) in [7, 11) is 2.53. The summed E-state index contributed by atoms with van der Waals surface area (Å²) in [6.45, 7) is -0.520. The minimum Gasteiger partial charge on any atom is -0.465 e. The van der Waals surface area contributed by atoms with Gasteiger partial charge in [0.1, 0.15) is 0 Å². The number of carbonyl (C=O) groups is 5. The molecule has 0 radical (unpaired) electrons. The van der Waals surface area contributed by atoms with Gasteiger partial charge in [0, 0.05) is 17.8 Å². The summed E-state index contributed by atoms with van der Waals surface area (Å²) in [6, 6.07) is 12.0. The van der Waals surface area contributed by atoms with E-state index in [0.717, 1.165) is 0 Å². The highest BCUT2D eigenvalue weighted by Crippen LogP contribution is 2.12. The third-order valence-corrected chi connectivity index (χ3v) is 4.10. The lowest BCUT2D eigenvalue weighted by Gasteiger charge is -2.08. The first-order valence-electron chi connectivity index (χ1n) is 9.44. The zero-order chi connectivity index (χ0) is 23.5. The van der Waals surface area contributed by atoms with Gasteiger partial charge in [0.15, 0.2) is 6.61 Å². The Balaban J connectivity index is 1.70. The molecule has 0 aliphatic heterocycles. The molecular formula is C22H22N2O8. The lowest BCUT2D eigenvalue weighted by Crippen LogP contribution is -2.21. The zero-order valence-electron chi connectivity index (χ0n) is 17.5. The smallest absolute Gasteiger partial charge is 0.337 e. The number of rotatable bonds is 9. The Hall–Kier alpha value is -4.21. The van der Waals surface area contributed by atoms with Crippen LogP contribution in [-0.2, 0) is 28.6 Å². The van der Waals surface area contributed by atoms with Crippen LogP contribution in [0.5, 0.6) is 0 Å². The van der Waals surface area contributed by atoms with E-state index < -0.39 is 36.3 Å². The number of anilines is 2. The van der Waals surface area contributed by atoms with Crippen molar-refractivity contribution in [3.8, 4) is 0 Å². The van der Waals surface area contributed by atoms with Crippen molar-refractivity contribution in [3.63, 3.8) is 0 Å². The van der Waals surface area contributed by atoms with E-state index in [1.165, 1.54) is 62.8 Å². The molecule has 0 spiro atoms. The fourth-order valence-corrected chi connectivity index (χ4v) is 2.47. The molecule has 10 nitrogen and oxygen atoms in total. The Bertz CT molecular complexity index is 904. The molecule has 2 amide bonds. The van der Waals surface area contributed by atoms with Crippen LogP contribution in [0.3, 0.4) is 0 Å². The van der Waals surface area contributed by atoms with E-state index in [1.807, 2.05) is 0 Å². The average Bonchev–Trinajstić information content (AvgIpc) is 2.81. The quantitative estimate of drug-likeness (QED) is 0.445. The fourth-order valence-electron chi connectivity index (χ4n) is 2.47. The Morgan fingerprint density at radius 3 is 1.53 bits per heavy atom. The van der Waals surface area contributed by atoms with E-state index in [9.17, 15) is 24.0 Å². The van der Waals surface area contributed by atoms with Crippen molar-refractivity contribution in [2.24, 2.45) is 0 Å². The minimum absolute atomic E-state index is 0.145. The maximum atomic E-state index is 11.9. The van der Waals surface area contributed by atoms with E-state index in [-0.39, 0.29) is 12.8 Å². The lowest BCUT2D eigenvalue weighted by molar-refractivity contribution is -0.147. The molecule has 0 saturated carbocycles. The highest BCUT2D eigenvalue weighted by Gasteiger charge is 2.12. The lowest BCUT2D eigenvalue weighted by atomic mass is 10.2. The molecule has 0 aromatic heterocycles. The van der Waals surface area contributed by atoms with Crippen molar-refractivity contribution >= 4 is 41.1 Å². The number of nitrogens with one attached hydrogen (secondary N) is 2. The molecule has 0 aliphatic carbocycles. The van der Waals surface area contributed by atoms with E-state index in [4.69, 9.17) is 4.74 Å². The maximum absolute atomic E-state index is 11.9. The van der Waals surface area contributed by atoms with Gasteiger partial charge in [-0.2, -0.15) is 0 Å². The molecule has 2 rings (SSSR count). The largest absolute Gasteiger partial charge is 0.465 e. The Labute approximate surface area is 183 Å². The fraction of sp³-hybridized carbons (Fsp3) is 0.227. The van der Waals surface area contributed by atoms with Gasteiger partial charge >= 0.3 is 17.9 Å². The molecule has 168 valence electrons. The predicted octanol–water partition coefficient (Wildman–Crippen LogP) is 2.16. The molecule has 32 heavy (non-hydrogen) atoms. The second kappa shape index (κ2) is 11.8. The minimum atomic E-state index is -0.711. The second-order valence-electron chi connectivity index (χ2n) is 6.39. The average molecular weight is 442 g/mol. The monoisotopic (exact) mass is 442 g/mol. The van der Waals surface area contributed by atoms with Crippen molar-refractivity contribution in [3.05, 3.63) is 59.7 Å². The molecule has 0 aliphatic rings. The maximum Gasteiger partial charge on any atom is 0.337 e. The highest BCUT2D eigenvalue weighted by molar-refractivity contribution is 5.96. The summed E-state index contributed by atoms with van der Waals surface area (Å²) in [6.07, 6.45) is -0.360. The molecule has 0 bridgehead atoms. The van der Waals surface area contributed by atoms with Gasteiger partial charge in [-0.1, -0.05) is 0 Å². The van der Waals surface area contributed by atoms with Gasteiger partial charge in [0.05, 0.1) is 31.8 Å². The van der Waals surface area contributed by atoms with Crippen molar-refractivity contribution < 1.29 is 38.2 Å². The van der Waals surface area contributed by atoms with Gasteiger partial charge in [-0.05, 0) is 48.5 Å². The van der Waals surface area contributed by atoms with Gasteiger partial charge in [-0.3, -0.25) is 14.4 Å². The number of carbonyl (C=O) groups excluding carboxylic acids is 5. The van der Waals surface area contributed by atoms with Crippen molar-refractivity contribution in [1.82, 2.24) is 0 Å². The molecular weight excluding hydrogens is 420 g/mol. The van der Waals surface area contributed by atoms with Crippen molar-refractivity contribution in [2.75, 3.05) is 31.5 Å². The molecule has 0 fully saturated rings. The van der Waals surface area contributed by atoms with Crippen LogP contribution in [0.1, 0.15) is 33.6 Å². The summed E-state index contributed by atoms with van der Waals surface area (Å²) >= 11 is 0. The van der Waals surface area contributed by atoms with Crippen LogP contribution in [0, 0.1) is 0 Å². The summed E-state index contributed by atoms with van der Waals surface area (Å²) in [4.78, 5) is 58.4. The summed E-state index contributed by atoms with van der Waals surface area (Å²) in [5.41, 5.74) is 1.53. The number of ether oxygens (including phenoxy) is 3. The van der Waals surface area contributed by atoms with Crippen LogP contribution in [-0.4, -0.2) is 50.5 Å². The van der Waals surface area contributed by atoms with Gasteiger partial charge in [-0.25, -0.2) is 9.59 Å². The molecule has 2 aromatic rings. The number of amides is 2. The molecule has 0 heterocycles. The second-order valence-corrected chi connectivity index (χ2v) is 6.39. The highest BCUT2D eigenvalue weighted by atomic mass is 16.5. The third kappa shape index (κ3) is 7.56. The first kappa shape index (κ1) is 24.1. The molecule has 10 heteroatoms. The van der Waals surface area contributed by atoms with E-state index in [0.29, 0.717) is 22.5 Å². The molecule has 0 unspecified atom stereocenters. The standard InChI is InChI=1S/C22H22N2O8/c1-30-21(28)14-3-7-16(8-4-14)23-18(25)11-12-20(27)32-13-19(26)24-17-9-5-15(6-10-17)22(29)31-2/h3-10H,11-13H2,1-2H3,(H,23,25)(H,24,26). The normalized spacial score (nSPS) is 9.94. The van der Waals surface area contributed by atoms with Crippen LogP contribution in [0.15, 0.2) is 48.5 Å². The Morgan fingerprint density at radius 1 is 0.656 bits per heavy atom. The van der Waals surface area contributed by atoms with Crippen LogP contribution in [0.4, 0.5) is 11.4 Å². The number of hydrogen-bond acceptors (Lipinski definition) is 8. The predicted molar refractivity (Wildman–Crippen MR) is 113 cm³/mol. The molecule has 2 aromatic carbocycles. The third-order valence-electron chi connectivity index (χ3n) is 4.10. The molecule has 0 atom stereocenters. The topological polar surface area (TPSA) is 137 Å². The van der Waals surface area contributed by atoms with Crippen molar-refractivity contribution in [1.29, 1.82) is 0 Å². The van der Waals surface area contributed by atoms with Gasteiger partial charge in [0.25, 0.3) is 5.91 Å². The van der Waals surface area contributed by atoms with Crippen LogP contribution in [0.2, 0.25) is 0 Å². The first-order valence-corrected chi connectivity index (χ1v) is 9.44. The van der Waals surface area contributed by atoms with E-state index in [1.54, 1.807) is 0 Å². The van der Waals surface area contributed by atoms with Gasteiger partial charge in [-0.15, -0.1) is 0 Å². The zero-order valence-corrected chi connectivity index (χ0v) is 17.5. The number of benzene rings is 2. The van der Waals surface area contributed by atoms with Gasteiger partial charge < -0.3 is 24.8 Å². The number of methoxy groups -OCH3 is 2. The molecule has 0 saturated heterocycles. The number of hydrogen-bond donors (Lipinski definition) is 2. The summed E-state index contributed by atoms with van der Waals surface area (Å²) in [5, 5.41) is 5.10. The Kier molecular flexibility index (Phi) is 8.91. The first-order chi connectivity index (χ1) is 15.3. The SMILES string of the molecule is COC(=O)c1ccc(NC(=O)CCC(=O)OCC(=O)Nc2ccc(C(=O)OC)cc2)cc1. The number of esters is 3. The summed E-state index contributed by atoms with van der Waals surface area (Å²) < 4.78 is 14.0. The van der Waals surface area contributed by atoms with Crippen LogP contribution in [0.25, 0.3) is 0 Å².